The van der Waals surface area contributed by atoms with Gasteiger partial charge in [0.1, 0.15) is 6.10 Å². The number of carbonyl (C=O) groups is 1. The Kier molecular flexibility index (Phi) is 7.03. The van der Waals surface area contributed by atoms with Gasteiger partial charge in [-0.25, -0.2) is 21.6 Å². The van der Waals surface area contributed by atoms with Crippen LogP contribution in [0.5, 0.6) is 0 Å². The molecular weight excluding hydrogens is 535 g/mol. The van der Waals surface area contributed by atoms with E-state index in [4.69, 9.17) is 21.1 Å². The van der Waals surface area contributed by atoms with E-state index in [1.807, 2.05) is 0 Å². The van der Waals surface area contributed by atoms with Crippen molar-refractivity contribution in [3.05, 3.63) is 58.4 Å². The molecule has 2 aliphatic carbocycles. The number of rotatable bonds is 8. The quantitative estimate of drug-likeness (QED) is 0.372. The molecule has 3 atom stereocenters. The van der Waals surface area contributed by atoms with Crippen LogP contribution in [-0.4, -0.2) is 56.2 Å². The van der Waals surface area contributed by atoms with Gasteiger partial charge in [0, 0.05) is 23.4 Å². The number of nitrogens with one attached hydrogen (secondary N) is 1. The maximum Gasteiger partial charge on any atom is 0.255 e. The highest BCUT2D eigenvalue weighted by Gasteiger charge is 2.54. The fourth-order valence-electron chi connectivity index (χ4n) is 5.65. The number of sulfone groups is 1. The standard InChI is InChI=1S/C25H25ClF3NO6S/c26-18-4-3-13(24(31)30-16-6-19(27)22(29)20(28)7-16)5-21(18)37(33,34)23-14-1-2-15(23)9-25(32,8-14)12-35-10-17-11-36-17/h3-7,14-15,17,23,32H,1-2,8-12H2,(H,30,31)/t14?,15?,17-,23?,25?/m1/s1. The maximum atomic E-state index is 13.8. The molecule has 2 saturated carbocycles. The summed E-state index contributed by atoms with van der Waals surface area (Å²) in [5, 5.41) is 12.5. The smallest absolute Gasteiger partial charge is 0.255 e. The molecule has 37 heavy (non-hydrogen) atoms. The van der Waals surface area contributed by atoms with Gasteiger partial charge in [0.05, 0.1) is 40.6 Å². The Balaban J connectivity index is 1.34. The molecule has 5 rings (SSSR count). The van der Waals surface area contributed by atoms with E-state index in [-0.39, 0.29) is 58.6 Å². The van der Waals surface area contributed by atoms with Crippen molar-refractivity contribution >= 4 is 33.0 Å². The van der Waals surface area contributed by atoms with Crippen LogP contribution in [0.15, 0.2) is 35.2 Å². The molecule has 2 aromatic carbocycles. The Bertz CT molecular complexity index is 1300. The van der Waals surface area contributed by atoms with Gasteiger partial charge in [0.15, 0.2) is 27.3 Å². The number of benzene rings is 2. The molecule has 0 radical (unpaired) electrons. The lowest BCUT2D eigenvalue weighted by molar-refractivity contribution is -0.0842. The van der Waals surface area contributed by atoms with Crippen molar-refractivity contribution in [2.75, 3.05) is 25.1 Å². The molecule has 1 aliphatic heterocycles. The minimum Gasteiger partial charge on any atom is -0.387 e. The number of epoxide rings is 1. The summed E-state index contributed by atoms with van der Waals surface area (Å²) in [5.74, 6) is -6.10. The van der Waals surface area contributed by atoms with E-state index < -0.39 is 44.0 Å². The molecule has 200 valence electrons. The molecule has 2 unspecified atom stereocenters. The molecule has 1 saturated heterocycles. The van der Waals surface area contributed by atoms with Crippen molar-refractivity contribution in [1.82, 2.24) is 0 Å². The Morgan fingerprint density at radius 1 is 1.14 bits per heavy atom. The van der Waals surface area contributed by atoms with E-state index in [0.717, 1.165) is 6.07 Å². The number of amides is 1. The lowest BCUT2D eigenvalue weighted by Crippen LogP contribution is -2.48. The van der Waals surface area contributed by atoms with Crippen LogP contribution in [0.3, 0.4) is 0 Å². The normalized spacial score (nSPS) is 28.8. The van der Waals surface area contributed by atoms with Crippen molar-refractivity contribution in [2.45, 2.75) is 47.5 Å². The summed E-state index contributed by atoms with van der Waals surface area (Å²) in [6.45, 7) is 1.13. The summed E-state index contributed by atoms with van der Waals surface area (Å²) in [7, 11) is -4.00. The highest BCUT2D eigenvalue weighted by Crippen LogP contribution is 2.51. The zero-order valence-electron chi connectivity index (χ0n) is 19.6. The molecular formula is C25H25ClF3NO6S. The molecule has 12 heteroatoms. The number of hydrogen-bond acceptors (Lipinski definition) is 6. The summed E-state index contributed by atoms with van der Waals surface area (Å²) in [5.41, 5.74) is -1.57. The second-order valence-corrected chi connectivity index (χ2v) is 12.5. The molecule has 2 N–H and O–H groups in total. The first-order valence-corrected chi connectivity index (χ1v) is 13.8. The van der Waals surface area contributed by atoms with E-state index in [0.29, 0.717) is 38.2 Å². The Hall–Kier alpha value is -2.18. The lowest BCUT2D eigenvalue weighted by atomic mass is 9.77. The monoisotopic (exact) mass is 559 g/mol. The Morgan fingerprint density at radius 2 is 1.76 bits per heavy atom. The molecule has 1 heterocycles. The third kappa shape index (κ3) is 5.37. The summed E-state index contributed by atoms with van der Waals surface area (Å²) in [6, 6.07) is 4.91. The van der Waals surface area contributed by atoms with Gasteiger partial charge in [-0.05, 0) is 55.7 Å². The highest BCUT2D eigenvalue weighted by molar-refractivity contribution is 7.92. The first-order valence-electron chi connectivity index (χ1n) is 11.9. The van der Waals surface area contributed by atoms with Gasteiger partial charge in [-0.15, -0.1) is 0 Å². The average Bonchev–Trinajstić information content (AvgIpc) is 3.59. The van der Waals surface area contributed by atoms with Gasteiger partial charge in [-0.3, -0.25) is 4.79 Å². The third-order valence-electron chi connectivity index (χ3n) is 7.30. The second kappa shape index (κ2) is 9.85. The average molecular weight is 560 g/mol. The predicted octanol–water partition coefficient (Wildman–Crippen LogP) is 4.12. The maximum absolute atomic E-state index is 13.8. The molecule has 2 bridgehead atoms. The van der Waals surface area contributed by atoms with Crippen molar-refractivity contribution in [2.24, 2.45) is 11.8 Å². The van der Waals surface area contributed by atoms with Crippen LogP contribution in [0.4, 0.5) is 18.9 Å². The van der Waals surface area contributed by atoms with Crippen molar-refractivity contribution in [1.29, 1.82) is 0 Å². The summed E-state index contributed by atoms with van der Waals surface area (Å²) < 4.78 is 78.5. The second-order valence-electron chi connectivity index (χ2n) is 10.1. The molecule has 2 aromatic rings. The van der Waals surface area contributed by atoms with Crippen LogP contribution in [0.1, 0.15) is 36.0 Å². The van der Waals surface area contributed by atoms with Gasteiger partial charge >= 0.3 is 0 Å². The van der Waals surface area contributed by atoms with Gasteiger partial charge < -0.3 is 19.9 Å². The Labute approximate surface area is 216 Å². The summed E-state index contributed by atoms with van der Waals surface area (Å²) in [4.78, 5) is 12.5. The first kappa shape index (κ1) is 26.4. The van der Waals surface area contributed by atoms with Crippen molar-refractivity contribution in [3.8, 4) is 0 Å². The fourth-order valence-corrected chi connectivity index (χ4v) is 8.49. The SMILES string of the molecule is O=C(Nc1cc(F)c(F)c(F)c1)c1ccc(Cl)c(S(=O)(=O)C2C3CCC2CC(O)(COC[C@@H]2CO2)C3)c1. The number of carbonyl (C=O) groups excluding carboxylic acids is 1. The van der Waals surface area contributed by atoms with Gasteiger partial charge in [-0.1, -0.05) is 11.6 Å². The number of aliphatic hydroxyl groups is 1. The van der Waals surface area contributed by atoms with Crippen LogP contribution in [-0.2, 0) is 19.3 Å². The van der Waals surface area contributed by atoms with Crippen LogP contribution in [0, 0.1) is 29.3 Å². The lowest BCUT2D eigenvalue weighted by Gasteiger charge is -2.40. The van der Waals surface area contributed by atoms with E-state index in [1.54, 1.807) is 0 Å². The van der Waals surface area contributed by atoms with Crippen molar-refractivity contribution < 1.29 is 41.0 Å². The van der Waals surface area contributed by atoms with E-state index in [2.05, 4.69) is 5.32 Å². The van der Waals surface area contributed by atoms with Crippen LogP contribution in [0.2, 0.25) is 5.02 Å². The van der Waals surface area contributed by atoms with Gasteiger partial charge in [-0.2, -0.15) is 0 Å². The minimum atomic E-state index is -4.00. The largest absolute Gasteiger partial charge is 0.387 e. The van der Waals surface area contributed by atoms with Gasteiger partial charge in [0.2, 0.25) is 0 Å². The molecule has 0 aromatic heterocycles. The number of anilines is 1. The first-order chi connectivity index (χ1) is 17.5. The Morgan fingerprint density at radius 3 is 2.35 bits per heavy atom. The van der Waals surface area contributed by atoms with Crippen LogP contribution < -0.4 is 5.32 Å². The molecule has 7 nitrogen and oxygen atoms in total. The highest BCUT2D eigenvalue weighted by atomic mass is 35.5. The van der Waals surface area contributed by atoms with Crippen LogP contribution in [0.25, 0.3) is 0 Å². The third-order valence-corrected chi connectivity index (χ3v) is 10.2. The minimum absolute atomic E-state index is 0.0600. The number of ether oxygens (including phenoxy) is 2. The van der Waals surface area contributed by atoms with Crippen LogP contribution >= 0.6 is 11.6 Å². The summed E-state index contributed by atoms with van der Waals surface area (Å²) >= 11 is 6.27. The van der Waals surface area contributed by atoms with E-state index in [9.17, 15) is 31.5 Å². The molecule has 1 amide bonds. The zero-order chi connectivity index (χ0) is 26.5. The molecule has 0 spiro atoms. The summed E-state index contributed by atoms with van der Waals surface area (Å²) in [6.07, 6.45) is 1.84. The van der Waals surface area contributed by atoms with E-state index >= 15 is 0 Å². The molecule has 3 aliphatic rings. The predicted molar refractivity (Wildman–Crippen MR) is 128 cm³/mol. The number of halogens is 4. The topological polar surface area (TPSA) is 105 Å². The van der Waals surface area contributed by atoms with Gasteiger partial charge in [0.25, 0.3) is 5.91 Å². The zero-order valence-corrected chi connectivity index (χ0v) is 21.1. The van der Waals surface area contributed by atoms with Crippen molar-refractivity contribution in [3.63, 3.8) is 0 Å². The molecule has 3 fully saturated rings. The van der Waals surface area contributed by atoms with E-state index in [1.165, 1.54) is 12.1 Å². The fraction of sp³-hybridized carbons (Fsp3) is 0.480. The number of fused-ring (bicyclic) bond motifs is 2. The number of hydrogen-bond donors (Lipinski definition) is 2.